The van der Waals surface area contributed by atoms with Crippen LogP contribution in [0.15, 0.2) is 47.4 Å². The zero-order chi connectivity index (χ0) is 22.4. The molecule has 31 heavy (non-hydrogen) atoms. The van der Waals surface area contributed by atoms with Gasteiger partial charge in [-0.15, -0.1) is 0 Å². The number of thiazole rings is 1. The lowest BCUT2D eigenvalue weighted by Gasteiger charge is -2.08. The number of benzene rings is 2. The Hall–Kier alpha value is -2.17. The zero-order valence-corrected chi connectivity index (χ0v) is 19.3. The number of nitrogens with zero attached hydrogens (tertiary/aromatic N) is 1. The van der Waals surface area contributed by atoms with Crippen LogP contribution < -0.4 is 11.1 Å². The monoisotopic (exact) mass is 497 g/mol. The Morgan fingerprint density at radius 1 is 1.23 bits per heavy atom. The van der Waals surface area contributed by atoms with Gasteiger partial charge in [0, 0.05) is 5.69 Å². The second-order valence-corrected chi connectivity index (χ2v) is 11.1. The largest absolute Gasteiger partial charge is 0.382 e. The molecule has 1 aliphatic heterocycles. The molecule has 0 bridgehead atoms. The van der Waals surface area contributed by atoms with E-state index in [2.05, 4.69) is 10.3 Å². The van der Waals surface area contributed by atoms with Crippen LogP contribution in [0.2, 0.25) is 10.0 Å². The fraction of sp³-hybridized carbons (Fsp3) is 0.200. The van der Waals surface area contributed by atoms with E-state index in [1.165, 1.54) is 12.1 Å². The summed E-state index contributed by atoms with van der Waals surface area (Å²) >= 11 is 13.3. The number of carbonyl (C=O) groups is 1. The molecule has 7 nitrogen and oxygen atoms in total. The number of nitrogens with one attached hydrogen (secondary N) is 1. The third-order valence-corrected chi connectivity index (χ3v) is 8.24. The molecule has 2 heterocycles. The number of ether oxygens (including phenoxy) is 1. The van der Waals surface area contributed by atoms with Gasteiger partial charge in [0.2, 0.25) is 5.78 Å². The third kappa shape index (κ3) is 4.70. The molecule has 0 aliphatic carbocycles. The zero-order valence-electron chi connectivity index (χ0n) is 16.2. The molecule has 162 valence electrons. The predicted octanol–water partition coefficient (Wildman–Crippen LogP) is 4.57. The van der Waals surface area contributed by atoms with Gasteiger partial charge in [-0.2, -0.15) is 0 Å². The minimum Gasteiger partial charge on any atom is -0.382 e. The van der Waals surface area contributed by atoms with Gasteiger partial charge in [0.25, 0.3) is 0 Å². The van der Waals surface area contributed by atoms with Gasteiger partial charge in [0.1, 0.15) is 16.3 Å². The van der Waals surface area contributed by atoms with Crippen LogP contribution in [0.5, 0.6) is 0 Å². The SMILES string of the molecule is CC1(CS(=O)(=O)c2ccc(Nc3nc(N)c(C(=O)c4c(Cl)cccc4Cl)s3)cc2)CO1. The van der Waals surface area contributed by atoms with Crippen LogP contribution in [0.4, 0.5) is 16.6 Å². The van der Waals surface area contributed by atoms with E-state index < -0.39 is 21.2 Å². The first-order valence-electron chi connectivity index (χ1n) is 9.07. The smallest absolute Gasteiger partial charge is 0.209 e. The Morgan fingerprint density at radius 3 is 2.42 bits per heavy atom. The first kappa shape index (κ1) is 22.0. The van der Waals surface area contributed by atoms with E-state index in [-0.39, 0.29) is 37.0 Å². The third-order valence-electron chi connectivity index (χ3n) is 4.65. The lowest BCUT2D eigenvalue weighted by Crippen LogP contribution is -2.20. The molecule has 3 aromatic rings. The number of sulfone groups is 1. The van der Waals surface area contributed by atoms with Crippen molar-refractivity contribution >= 4 is 66.8 Å². The average Bonchev–Trinajstić information content (AvgIpc) is 3.29. The summed E-state index contributed by atoms with van der Waals surface area (Å²) in [6.45, 7) is 2.21. The first-order valence-corrected chi connectivity index (χ1v) is 12.3. The predicted molar refractivity (Wildman–Crippen MR) is 123 cm³/mol. The molecule has 1 fully saturated rings. The van der Waals surface area contributed by atoms with E-state index in [4.69, 9.17) is 33.7 Å². The minimum absolute atomic E-state index is 0.0466. The fourth-order valence-electron chi connectivity index (χ4n) is 2.94. The Kier molecular flexibility index (Phi) is 5.74. The molecule has 0 saturated carbocycles. The number of rotatable bonds is 7. The van der Waals surface area contributed by atoms with Crippen molar-refractivity contribution in [3.8, 4) is 0 Å². The van der Waals surface area contributed by atoms with Gasteiger partial charge in [-0.05, 0) is 43.3 Å². The van der Waals surface area contributed by atoms with Crippen LogP contribution in [-0.4, -0.2) is 37.1 Å². The number of nitrogens with two attached hydrogens (primary N) is 1. The first-order chi connectivity index (χ1) is 14.6. The van der Waals surface area contributed by atoms with Gasteiger partial charge in [-0.1, -0.05) is 40.6 Å². The van der Waals surface area contributed by atoms with E-state index >= 15 is 0 Å². The molecule has 1 atom stereocenters. The number of ketones is 1. The van der Waals surface area contributed by atoms with Crippen LogP contribution >= 0.6 is 34.5 Å². The van der Waals surface area contributed by atoms with Crippen molar-refractivity contribution in [1.82, 2.24) is 4.98 Å². The fourth-order valence-corrected chi connectivity index (χ4v) is 6.05. The normalized spacial score (nSPS) is 18.0. The molecule has 1 aromatic heterocycles. The van der Waals surface area contributed by atoms with Crippen LogP contribution in [0.3, 0.4) is 0 Å². The highest BCUT2D eigenvalue weighted by Crippen LogP contribution is 2.34. The van der Waals surface area contributed by atoms with Crippen molar-refractivity contribution < 1.29 is 17.9 Å². The molecular formula is C20H17Cl2N3O4S2. The number of epoxide rings is 1. The van der Waals surface area contributed by atoms with Gasteiger partial charge in [0.15, 0.2) is 15.0 Å². The number of halogens is 2. The van der Waals surface area contributed by atoms with E-state index in [1.807, 2.05) is 0 Å². The number of hydrogen-bond donors (Lipinski definition) is 2. The van der Waals surface area contributed by atoms with E-state index in [1.54, 1.807) is 37.3 Å². The molecule has 11 heteroatoms. The Labute approximate surface area is 193 Å². The second kappa shape index (κ2) is 8.07. The van der Waals surface area contributed by atoms with Crippen LogP contribution in [-0.2, 0) is 14.6 Å². The number of carbonyl (C=O) groups excluding carboxylic acids is 1. The highest BCUT2D eigenvalue weighted by Gasteiger charge is 2.43. The van der Waals surface area contributed by atoms with Crippen molar-refractivity contribution in [2.75, 3.05) is 23.4 Å². The van der Waals surface area contributed by atoms with Crippen molar-refractivity contribution in [1.29, 1.82) is 0 Å². The second-order valence-electron chi connectivity index (χ2n) is 7.31. The summed E-state index contributed by atoms with van der Waals surface area (Å²) < 4.78 is 30.1. The van der Waals surface area contributed by atoms with Crippen LogP contribution in [0.1, 0.15) is 22.2 Å². The van der Waals surface area contributed by atoms with Crippen molar-refractivity contribution in [2.24, 2.45) is 0 Å². The van der Waals surface area contributed by atoms with Crippen molar-refractivity contribution in [3.05, 3.63) is 63.0 Å². The summed E-state index contributed by atoms with van der Waals surface area (Å²) in [6.07, 6.45) is 0. The quantitative estimate of drug-likeness (QED) is 0.362. The lowest BCUT2D eigenvalue weighted by atomic mass is 10.1. The molecule has 0 radical (unpaired) electrons. The van der Waals surface area contributed by atoms with E-state index in [0.29, 0.717) is 17.4 Å². The molecule has 0 amide bonds. The maximum absolute atomic E-state index is 12.9. The molecule has 4 rings (SSSR count). The number of nitrogen functional groups attached to an aromatic ring is 1. The summed E-state index contributed by atoms with van der Waals surface area (Å²) in [6, 6.07) is 11.0. The minimum atomic E-state index is -3.45. The maximum atomic E-state index is 12.9. The molecule has 1 aliphatic rings. The average molecular weight is 498 g/mol. The standard InChI is InChI=1S/C20H17Cl2N3O4S2/c1-20(9-29-20)10-31(27,28)12-7-5-11(6-8-12)24-19-25-18(23)17(30-19)16(26)15-13(21)3-2-4-14(15)22/h2-8H,9-10,23H2,1H3,(H,24,25). The Balaban J connectivity index is 1.53. The van der Waals surface area contributed by atoms with E-state index in [9.17, 15) is 13.2 Å². The molecule has 1 unspecified atom stereocenters. The van der Waals surface area contributed by atoms with Gasteiger partial charge in [-0.25, -0.2) is 13.4 Å². The van der Waals surface area contributed by atoms with Crippen LogP contribution in [0.25, 0.3) is 0 Å². The molecule has 3 N–H and O–H groups in total. The highest BCUT2D eigenvalue weighted by atomic mass is 35.5. The van der Waals surface area contributed by atoms with Gasteiger partial charge in [0.05, 0.1) is 32.9 Å². The summed E-state index contributed by atoms with van der Waals surface area (Å²) in [5, 5.41) is 3.85. The maximum Gasteiger partial charge on any atom is 0.209 e. The summed E-state index contributed by atoms with van der Waals surface area (Å²) in [7, 11) is -3.45. The van der Waals surface area contributed by atoms with Gasteiger partial charge in [-0.3, -0.25) is 4.79 Å². The Morgan fingerprint density at radius 2 is 1.84 bits per heavy atom. The van der Waals surface area contributed by atoms with Crippen molar-refractivity contribution in [2.45, 2.75) is 17.4 Å². The van der Waals surface area contributed by atoms with E-state index in [0.717, 1.165) is 11.3 Å². The lowest BCUT2D eigenvalue weighted by molar-refractivity contribution is 0.104. The van der Waals surface area contributed by atoms with Gasteiger partial charge < -0.3 is 15.8 Å². The molecular weight excluding hydrogens is 481 g/mol. The number of anilines is 3. The molecule has 2 aromatic carbocycles. The summed E-state index contributed by atoms with van der Waals surface area (Å²) in [5.41, 5.74) is 6.10. The highest BCUT2D eigenvalue weighted by molar-refractivity contribution is 7.91. The van der Waals surface area contributed by atoms with Crippen LogP contribution in [0, 0.1) is 0 Å². The number of aromatic nitrogens is 1. The summed E-state index contributed by atoms with van der Waals surface area (Å²) in [4.78, 5) is 17.5. The topological polar surface area (TPSA) is 115 Å². The van der Waals surface area contributed by atoms with Crippen molar-refractivity contribution in [3.63, 3.8) is 0 Å². The number of hydrogen-bond acceptors (Lipinski definition) is 8. The Bertz CT molecular complexity index is 1250. The summed E-state index contributed by atoms with van der Waals surface area (Å²) in [5.74, 6) is -0.437. The molecule has 1 saturated heterocycles. The van der Waals surface area contributed by atoms with Gasteiger partial charge >= 0.3 is 0 Å². The molecule has 0 spiro atoms.